The molecule has 0 aliphatic carbocycles. The van der Waals surface area contributed by atoms with Gasteiger partial charge in [-0.2, -0.15) is 18.4 Å². The van der Waals surface area contributed by atoms with Crippen LogP contribution >= 0.6 is 0 Å². The molecule has 0 aliphatic heterocycles. The van der Waals surface area contributed by atoms with E-state index in [4.69, 9.17) is 0 Å². The van der Waals surface area contributed by atoms with Gasteiger partial charge in [-0.3, -0.25) is 4.79 Å². The van der Waals surface area contributed by atoms with Gasteiger partial charge in [0.15, 0.2) is 5.69 Å². The average molecular weight is 382 g/mol. The molecule has 0 spiro atoms. The molecular formula is C19H9F3N4O2. The van der Waals surface area contributed by atoms with E-state index in [2.05, 4.69) is 9.97 Å². The van der Waals surface area contributed by atoms with Gasteiger partial charge >= 0.3 is 11.9 Å². The monoisotopic (exact) mass is 382 g/mol. The van der Waals surface area contributed by atoms with Crippen LogP contribution in [0.3, 0.4) is 0 Å². The molecule has 0 saturated carbocycles. The van der Waals surface area contributed by atoms with Crippen molar-refractivity contribution in [1.82, 2.24) is 14.5 Å². The summed E-state index contributed by atoms with van der Waals surface area (Å²) < 4.78 is 39.8. The lowest BCUT2D eigenvalue weighted by molar-refractivity contribution is -0.137. The highest BCUT2D eigenvalue weighted by Gasteiger charge is 2.31. The number of fused-ring (bicyclic) bond motifs is 2. The fraction of sp³-hybridized carbons (Fsp3) is 0.0526. The second kappa shape index (κ2) is 6.06. The van der Waals surface area contributed by atoms with Crippen LogP contribution in [-0.4, -0.2) is 14.5 Å². The average Bonchev–Trinajstić information content (AvgIpc) is 2.67. The maximum absolute atomic E-state index is 13.0. The Bertz CT molecular complexity index is 1410. The van der Waals surface area contributed by atoms with Crippen LogP contribution < -0.4 is 11.2 Å². The van der Waals surface area contributed by atoms with Crippen molar-refractivity contribution in [3.05, 3.63) is 80.8 Å². The van der Waals surface area contributed by atoms with Gasteiger partial charge in [0.25, 0.3) is 5.56 Å². The summed E-state index contributed by atoms with van der Waals surface area (Å²) >= 11 is 0. The quantitative estimate of drug-likeness (QED) is 0.548. The Kier molecular flexibility index (Phi) is 3.78. The van der Waals surface area contributed by atoms with E-state index in [9.17, 15) is 28.0 Å². The van der Waals surface area contributed by atoms with Crippen LogP contribution in [0.2, 0.25) is 0 Å². The molecule has 0 amide bonds. The van der Waals surface area contributed by atoms with Crippen molar-refractivity contribution in [3.63, 3.8) is 0 Å². The zero-order valence-corrected chi connectivity index (χ0v) is 13.9. The molecule has 2 aromatic carbocycles. The number of benzene rings is 2. The smallest absolute Gasteiger partial charge is 0.306 e. The Morgan fingerprint density at radius 3 is 2.54 bits per heavy atom. The molecule has 0 radical (unpaired) electrons. The van der Waals surface area contributed by atoms with E-state index in [1.807, 2.05) is 6.07 Å². The first-order valence-corrected chi connectivity index (χ1v) is 7.96. The van der Waals surface area contributed by atoms with Crippen molar-refractivity contribution in [3.8, 4) is 11.8 Å². The lowest BCUT2D eigenvalue weighted by atomic mass is 10.1. The maximum Gasteiger partial charge on any atom is 0.416 e. The molecule has 4 rings (SSSR count). The zero-order valence-electron chi connectivity index (χ0n) is 13.9. The van der Waals surface area contributed by atoms with E-state index < -0.39 is 23.0 Å². The Balaban J connectivity index is 2.17. The van der Waals surface area contributed by atoms with Crippen LogP contribution in [0.4, 0.5) is 13.2 Å². The number of hydrogen-bond donors (Lipinski definition) is 1. The summed E-state index contributed by atoms with van der Waals surface area (Å²) in [5, 5.41) is 10.0. The molecule has 138 valence electrons. The Hall–Kier alpha value is -3.93. The van der Waals surface area contributed by atoms with Crippen molar-refractivity contribution >= 4 is 21.7 Å². The Morgan fingerprint density at radius 2 is 1.82 bits per heavy atom. The fourth-order valence-corrected chi connectivity index (χ4v) is 3.05. The molecular weight excluding hydrogens is 373 g/mol. The minimum atomic E-state index is -4.65. The third kappa shape index (κ3) is 2.63. The van der Waals surface area contributed by atoms with Gasteiger partial charge in [-0.25, -0.2) is 14.3 Å². The topological polar surface area (TPSA) is 91.5 Å². The lowest BCUT2D eigenvalue weighted by Gasteiger charge is -2.12. The molecule has 9 heteroatoms. The molecule has 0 unspecified atom stereocenters. The largest absolute Gasteiger partial charge is 0.416 e. The highest BCUT2D eigenvalue weighted by Crippen LogP contribution is 2.30. The number of aromatic nitrogens is 3. The highest BCUT2D eigenvalue weighted by molar-refractivity contribution is 5.91. The first-order chi connectivity index (χ1) is 13.3. The summed E-state index contributed by atoms with van der Waals surface area (Å²) in [6.07, 6.45) is -3.24. The van der Waals surface area contributed by atoms with Crippen molar-refractivity contribution in [2.45, 2.75) is 6.18 Å². The van der Waals surface area contributed by atoms with Crippen LogP contribution in [0.5, 0.6) is 0 Å². The highest BCUT2D eigenvalue weighted by atomic mass is 19.4. The van der Waals surface area contributed by atoms with Gasteiger partial charge < -0.3 is 4.98 Å². The molecule has 0 saturated heterocycles. The van der Waals surface area contributed by atoms with Crippen molar-refractivity contribution in [2.24, 2.45) is 0 Å². The molecule has 0 atom stereocenters. The summed E-state index contributed by atoms with van der Waals surface area (Å²) in [7, 11) is 0. The third-order valence-corrected chi connectivity index (χ3v) is 4.33. The van der Waals surface area contributed by atoms with Gasteiger partial charge in [0.2, 0.25) is 0 Å². The molecule has 6 nitrogen and oxygen atoms in total. The lowest BCUT2D eigenvalue weighted by Crippen LogP contribution is -2.34. The minimum Gasteiger partial charge on any atom is -0.306 e. The van der Waals surface area contributed by atoms with Crippen LogP contribution in [-0.2, 0) is 6.18 Å². The molecule has 0 bridgehead atoms. The summed E-state index contributed by atoms with van der Waals surface area (Å²) in [6, 6.07) is 10.9. The number of aromatic amines is 1. The zero-order chi connectivity index (χ0) is 20.1. The normalized spacial score (nSPS) is 11.6. The van der Waals surface area contributed by atoms with E-state index >= 15 is 0 Å². The van der Waals surface area contributed by atoms with Crippen molar-refractivity contribution in [1.29, 1.82) is 5.26 Å². The van der Waals surface area contributed by atoms with Gasteiger partial charge in [0.1, 0.15) is 6.07 Å². The van der Waals surface area contributed by atoms with Crippen LogP contribution in [0.15, 0.2) is 58.3 Å². The van der Waals surface area contributed by atoms with Gasteiger partial charge in [-0.05, 0) is 18.2 Å². The number of nitriles is 1. The fourth-order valence-electron chi connectivity index (χ4n) is 3.05. The molecule has 0 fully saturated rings. The van der Waals surface area contributed by atoms with Crippen molar-refractivity contribution < 1.29 is 13.2 Å². The molecule has 0 aliphatic rings. The number of H-pyrrole nitrogens is 1. The minimum absolute atomic E-state index is 0.0362. The maximum atomic E-state index is 13.0. The van der Waals surface area contributed by atoms with E-state index in [0.29, 0.717) is 21.4 Å². The van der Waals surface area contributed by atoms with Gasteiger partial charge in [-0.1, -0.05) is 24.3 Å². The Labute approximate surface area is 154 Å². The number of rotatable bonds is 1. The van der Waals surface area contributed by atoms with E-state index in [-0.39, 0.29) is 22.3 Å². The summed E-state index contributed by atoms with van der Waals surface area (Å²) in [6.45, 7) is 0. The molecule has 4 aromatic rings. The van der Waals surface area contributed by atoms with E-state index in [1.165, 1.54) is 6.20 Å². The van der Waals surface area contributed by atoms with Crippen LogP contribution in [0.25, 0.3) is 27.4 Å². The molecule has 1 N–H and O–H groups in total. The SMILES string of the molecule is N#Cc1ncc2ccccc2c1-n1c(=O)[nH]c2ccc(C(F)(F)F)cc2c1=O. The first-order valence-electron chi connectivity index (χ1n) is 7.96. The van der Waals surface area contributed by atoms with E-state index in [1.54, 1.807) is 24.3 Å². The summed E-state index contributed by atoms with van der Waals surface area (Å²) in [5.74, 6) is 0. The Morgan fingerprint density at radius 1 is 1.07 bits per heavy atom. The predicted octanol–water partition coefficient (Wildman–Crippen LogP) is 3.12. The number of alkyl halides is 3. The van der Waals surface area contributed by atoms with Gasteiger partial charge in [0.05, 0.1) is 22.2 Å². The molecule has 2 heterocycles. The molecule has 28 heavy (non-hydrogen) atoms. The number of hydrogen-bond acceptors (Lipinski definition) is 4. The van der Waals surface area contributed by atoms with E-state index in [0.717, 1.165) is 12.1 Å². The van der Waals surface area contributed by atoms with Gasteiger partial charge in [0, 0.05) is 17.0 Å². The van der Waals surface area contributed by atoms with Crippen molar-refractivity contribution in [2.75, 3.05) is 0 Å². The number of nitrogens with one attached hydrogen (secondary N) is 1. The third-order valence-electron chi connectivity index (χ3n) is 4.33. The second-order valence-corrected chi connectivity index (χ2v) is 5.98. The number of pyridine rings is 1. The van der Waals surface area contributed by atoms with Crippen LogP contribution in [0, 0.1) is 11.3 Å². The second-order valence-electron chi connectivity index (χ2n) is 5.98. The number of nitrogens with zero attached hydrogens (tertiary/aromatic N) is 3. The predicted molar refractivity (Wildman–Crippen MR) is 95.2 cm³/mol. The standard InChI is InChI=1S/C19H9F3N4O2/c20-19(21,22)11-5-6-14-13(7-11)17(27)26(18(28)25-14)16-12-4-2-1-3-10(12)9-24-15(16)8-23/h1-7,9H,(H,25,28). The number of halogens is 3. The van der Waals surface area contributed by atoms with Crippen LogP contribution in [0.1, 0.15) is 11.3 Å². The molecule has 2 aromatic heterocycles. The van der Waals surface area contributed by atoms with Gasteiger partial charge in [-0.15, -0.1) is 0 Å². The summed E-state index contributed by atoms with van der Waals surface area (Å²) in [5.41, 5.74) is -3.19. The summed E-state index contributed by atoms with van der Waals surface area (Å²) in [4.78, 5) is 31.9. The first kappa shape index (κ1) is 17.5.